The summed E-state index contributed by atoms with van der Waals surface area (Å²) in [6.45, 7) is 4.01. The maximum Gasteiger partial charge on any atom is 0.209 e. The Balaban J connectivity index is 2.31. The lowest BCUT2D eigenvalue weighted by molar-refractivity contribution is 0.332. The molecule has 4 nitrogen and oxygen atoms in total. The minimum Gasteiger partial charge on any atom is -0.483 e. The monoisotopic (exact) mass is 310 g/mol. The number of rotatable bonds is 3. The Labute approximate surface area is 128 Å². The van der Waals surface area contributed by atoms with Gasteiger partial charge in [0.2, 0.25) is 11.8 Å². The van der Waals surface area contributed by atoms with Crippen LogP contribution in [0.15, 0.2) is 28.2 Å². The van der Waals surface area contributed by atoms with Crippen LogP contribution in [0.4, 0.5) is 8.78 Å². The number of aliphatic imine (C=N–C) groups is 2. The molecule has 0 radical (unpaired) electrons. The summed E-state index contributed by atoms with van der Waals surface area (Å²) in [6, 6.07) is 2.61. The van der Waals surface area contributed by atoms with E-state index in [9.17, 15) is 8.78 Å². The van der Waals surface area contributed by atoms with Crippen LogP contribution in [0.3, 0.4) is 0 Å². The molecular formula is C16H20F2N2O2. The molecule has 6 heteroatoms. The van der Waals surface area contributed by atoms with Crippen molar-refractivity contribution >= 4 is 11.8 Å². The largest absolute Gasteiger partial charge is 0.483 e. The molecule has 0 amide bonds. The first-order valence-corrected chi connectivity index (χ1v) is 7.13. The lowest BCUT2D eigenvalue weighted by Crippen LogP contribution is -2.38. The third-order valence-electron chi connectivity index (χ3n) is 3.56. The molecule has 1 heterocycles. The van der Waals surface area contributed by atoms with Crippen molar-refractivity contribution in [3.63, 3.8) is 0 Å². The molecule has 2 atom stereocenters. The van der Waals surface area contributed by atoms with Crippen LogP contribution in [-0.2, 0) is 15.9 Å². The number of nitrogens with zero attached hydrogens (tertiary/aromatic N) is 2. The lowest BCUT2D eigenvalue weighted by Gasteiger charge is -2.27. The van der Waals surface area contributed by atoms with Gasteiger partial charge in [0, 0.05) is 6.42 Å². The summed E-state index contributed by atoms with van der Waals surface area (Å²) >= 11 is 0. The quantitative estimate of drug-likeness (QED) is 0.861. The fraction of sp³-hybridized carbons (Fsp3) is 0.500. The molecular weight excluding hydrogens is 290 g/mol. The van der Waals surface area contributed by atoms with E-state index < -0.39 is 17.7 Å². The summed E-state index contributed by atoms with van der Waals surface area (Å²) in [5, 5.41) is 0. The van der Waals surface area contributed by atoms with Gasteiger partial charge < -0.3 is 9.47 Å². The molecule has 120 valence electrons. The summed E-state index contributed by atoms with van der Waals surface area (Å²) in [5.41, 5.74) is 0.233. The van der Waals surface area contributed by atoms with Crippen LogP contribution in [0.2, 0.25) is 0 Å². The molecule has 22 heavy (non-hydrogen) atoms. The highest BCUT2D eigenvalue weighted by atomic mass is 19.1. The zero-order chi connectivity index (χ0) is 16.3. The van der Waals surface area contributed by atoms with Crippen molar-refractivity contribution in [1.82, 2.24) is 0 Å². The zero-order valence-corrected chi connectivity index (χ0v) is 13.1. The van der Waals surface area contributed by atoms with Crippen molar-refractivity contribution in [2.24, 2.45) is 15.9 Å². The predicted molar refractivity (Wildman–Crippen MR) is 81.4 cm³/mol. The first-order valence-electron chi connectivity index (χ1n) is 7.13. The zero-order valence-electron chi connectivity index (χ0n) is 13.1. The second kappa shape index (κ2) is 6.85. The molecule has 0 N–H and O–H groups in total. The molecule has 0 saturated carbocycles. The van der Waals surface area contributed by atoms with E-state index in [1.165, 1.54) is 20.3 Å². The topological polar surface area (TPSA) is 43.2 Å². The van der Waals surface area contributed by atoms with Crippen molar-refractivity contribution in [3.05, 3.63) is 35.4 Å². The van der Waals surface area contributed by atoms with E-state index in [4.69, 9.17) is 9.47 Å². The Hall–Kier alpha value is -1.98. The van der Waals surface area contributed by atoms with E-state index in [0.29, 0.717) is 11.8 Å². The van der Waals surface area contributed by atoms with Crippen LogP contribution >= 0.6 is 0 Å². The van der Waals surface area contributed by atoms with E-state index >= 15 is 0 Å². The van der Waals surface area contributed by atoms with Gasteiger partial charge in [0.25, 0.3) is 0 Å². The highest BCUT2D eigenvalue weighted by Gasteiger charge is 2.31. The summed E-state index contributed by atoms with van der Waals surface area (Å²) in [5.74, 6) is 0.118. The first kappa shape index (κ1) is 16.4. The molecule has 0 saturated heterocycles. The average Bonchev–Trinajstić information content (AvgIpc) is 2.50. The average molecular weight is 310 g/mol. The van der Waals surface area contributed by atoms with Gasteiger partial charge in [0.05, 0.1) is 14.2 Å². The molecule has 0 bridgehead atoms. The number of benzene rings is 1. The van der Waals surface area contributed by atoms with Crippen LogP contribution in [0, 0.1) is 17.6 Å². The molecule has 0 spiro atoms. The second-order valence-electron chi connectivity index (χ2n) is 5.49. The van der Waals surface area contributed by atoms with Crippen LogP contribution in [-0.4, -0.2) is 38.1 Å². The Bertz CT molecular complexity index is 600. The predicted octanol–water partition coefficient (Wildman–Crippen LogP) is 3.00. The number of methoxy groups -OCH3 is 2. The third kappa shape index (κ3) is 3.43. The van der Waals surface area contributed by atoms with Gasteiger partial charge in [-0.1, -0.05) is 13.8 Å². The highest BCUT2D eigenvalue weighted by Crippen LogP contribution is 2.21. The molecule has 0 aliphatic carbocycles. The SMILES string of the molecule is COC1=N[C@H](C(C)C)C(OC)=N[C@H]1Cc1cc(F)ccc1F. The summed E-state index contributed by atoms with van der Waals surface area (Å²) in [6.07, 6.45) is 0.161. The standard InChI is InChI=1S/C16H20F2N2O2/c1-9(2)14-16(22-4)19-13(15(20-14)21-3)8-10-7-11(17)5-6-12(10)18/h5-7,9,13-14H,8H2,1-4H3/t13-,14+/m0/s1. The minimum atomic E-state index is -0.522. The molecule has 0 unspecified atom stereocenters. The third-order valence-corrected chi connectivity index (χ3v) is 3.56. The fourth-order valence-corrected chi connectivity index (χ4v) is 2.40. The van der Waals surface area contributed by atoms with Gasteiger partial charge in [-0.3, -0.25) is 0 Å². The summed E-state index contributed by atoms with van der Waals surface area (Å²) < 4.78 is 37.7. The van der Waals surface area contributed by atoms with Crippen molar-refractivity contribution in [2.75, 3.05) is 14.2 Å². The van der Waals surface area contributed by atoms with E-state index in [1.807, 2.05) is 13.8 Å². The summed E-state index contributed by atoms with van der Waals surface area (Å²) in [7, 11) is 3.03. The van der Waals surface area contributed by atoms with Gasteiger partial charge in [-0.25, -0.2) is 18.8 Å². The fourth-order valence-electron chi connectivity index (χ4n) is 2.40. The van der Waals surface area contributed by atoms with Gasteiger partial charge in [-0.2, -0.15) is 0 Å². The molecule has 1 aliphatic heterocycles. The van der Waals surface area contributed by atoms with Gasteiger partial charge in [-0.05, 0) is 29.7 Å². The normalized spacial score (nSPS) is 21.4. The minimum absolute atomic E-state index is 0.161. The van der Waals surface area contributed by atoms with Crippen LogP contribution in [0.25, 0.3) is 0 Å². The van der Waals surface area contributed by atoms with Gasteiger partial charge in [0.15, 0.2) is 0 Å². The molecule has 2 rings (SSSR count). The Kier molecular flexibility index (Phi) is 5.11. The van der Waals surface area contributed by atoms with E-state index in [0.717, 1.165) is 12.1 Å². The number of ether oxygens (including phenoxy) is 2. The second-order valence-corrected chi connectivity index (χ2v) is 5.49. The number of hydrogen-bond acceptors (Lipinski definition) is 4. The molecule has 0 fully saturated rings. The molecule has 1 aliphatic rings. The van der Waals surface area contributed by atoms with Crippen LogP contribution < -0.4 is 0 Å². The smallest absolute Gasteiger partial charge is 0.209 e. The van der Waals surface area contributed by atoms with E-state index in [-0.39, 0.29) is 23.9 Å². The van der Waals surface area contributed by atoms with Gasteiger partial charge >= 0.3 is 0 Å². The Morgan fingerprint density at radius 2 is 1.77 bits per heavy atom. The van der Waals surface area contributed by atoms with Gasteiger partial charge in [-0.15, -0.1) is 0 Å². The highest BCUT2D eigenvalue weighted by molar-refractivity contribution is 5.94. The molecule has 0 aromatic heterocycles. The Morgan fingerprint density at radius 3 is 2.36 bits per heavy atom. The van der Waals surface area contributed by atoms with Gasteiger partial charge in [0.1, 0.15) is 23.7 Å². The first-order chi connectivity index (χ1) is 10.5. The van der Waals surface area contributed by atoms with E-state index in [1.54, 1.807) is 0 Å². The lowest BCUT2D eigenvalue weighted by atomic mass is 10.00. The van der Waals surface area contributed by atoms with E-state index in [2.05, 4.69) is 9.98 Å². The maximum absolute atomic E-state index is 13.8. The van der Waals surface area contributed by atoms with Crippen molar-refractivity contribution in [1.29, 1.82) is 0 Å². The van der Waals surface area contributed by atoms with Crippen LogP contribution in [0.1, 0.15) is 19.4 Å². The molecule has 1 aromatic rings. The Morgan fingerprint density at radius 1 is 1.09 bits per heavy atom. The molecule has 1 aromatic carbocycles. The van der Waals surface area contributed by atoms with Crippen molar-refractivity contribution in [3.8, 4) is 0 Å². The van der Waals surface area contributed by atoms with Crippen molar-refractivity contribution < 1.29 is 18.3 Å². The number of hydrogen-bond donors (Lipinski definition) is 0. The maximum atomic E-state index is 13.8. The summed E-state index contributed by atoms with van der Waals surface area (Å²) in [4.78, 5) is 8.98. The van der Waals surface area contributed by atoms with Crippen LogP contribution in [0.5, 0.6) is 0 Å². The number of halogens is 2. The van der Waals surface area contributed by atoms with Crippen molar-refractivity contribution in [2.45, 2.75) is 32.4 Å².